The van der Waals surface area contributed by atoms with E-state index >= 15 is 0 Å². The zero-order valence-corrected chi connectivity index (χ0v) is 34.0. The zero-order valence-electron chi connectivity index (χ0n) is 34.0. The van der Waals surface area contributed by atoms with Gasteiger partial charge in [-0.1, -0.05) is 165 Å². The lowest BCUT2D eigenvalue weighted by atomic mass is 10.00. The monoisotopic (exact) mass is 732 g/mol. The summed E-state index contributed by atoms with van der Waals surface area (Å²) in [4.78, 5) is 12.5. The smallest absolute Gasteiger partial charge is 0.249 e. The molecule has 0 radical (unpaired) electrons. The quantitative estimate of drug-likeness (QED) is 0.0319. The number of allylic oxidation sites excluding steroid dienone is 8. The average molecular weight is 732 g/mol. The number of amides is 1. The van der Waals surface area contributed by atoms with Crippen LogP contribution in [-0.4, -0.2) is 57.3 Å². The Balaban J connectivity index is 3.84. The fraction of sp³-hybridized carbons (Fsp3) is 0.804. The van der Waals surface area contributed by atoms with Crippen molar-refractivity contribution in [2.45, 2.75) is 231 Å². The maximum atomic E-state index is 12.5. The zero-order chi connectivity index (χ0) is 38.2. The third kappa shape index (κ3) is 34.1. The number of aliphatic hydroxyl groups excluding tert-OH is 4. The first-order valence-corrected chi connectivity index (χ1v) is 22.0. The molecule has 6 nitrogen and oxygen atoms in total. The van der Waals surface area contributed by atoms with Crippen molar-refractivity contribution in [1.29, 1.82) is 0 Å². The minimum Gasteiger partial charge on any atom is -0.394 e. The molecule has 0 saturated heterocycles. The molecular formula is C46H85NO5. The molecule has 6 heteroatoms. The van der Waals surface area contributed by atoms with Crippen LogP contribution in [0.15, 0.2) is 48.6 Å². The number of hydrogen-bond donors (Lipinski definition) is 5. The molecule has 0 saturated carbocycles. The van der Waals surface area contributed by atoms with E-state index in [0.29, 0.717) is 19.3 Å². The molecule has 4 unspecified atom stereocenters. The topological polar surface area (TPSA) is 110 Å². The fourth-order valence-electron chi connectivity index (χ4n) is 6.43. The third-order valence-electron chi connectivity index (χ3n) is 9.97. The molecule has 0 fully saturated rings. The van der Waals surface area contributed by atoms with Gasteiger partial charge in [0.05, 0.1) is 18.8 Å². The van der Waals surface area contributed by atoms with Crippen molar-refractivity contribution in [2.75, 3.05) is 6.61 Å². The van der Waals surface area contributed by atoms with Gasteiger partial charge in [-0.3, -0.25) is 4.79 Å². The predicted molar refractivity (Wildman–Crippen MR) is 223 cm³/mol. The van der Waals surface area contributed by atoms with Crippen LogP contribution in [-0.2, 0) is 4.79 Å². The molecule has 1 amide bonds. The van der Waals surface area contributed by atoms with E-state index in [-0.39, 0.29) is 0 Å². The Kier molecular flexibility index (Phi) is 39.1. The van der Waals surface area contributed by atoms with Crippen molar-refractivity contribution in [3.63, 3.8) is 0 Å². The Labute approximate surface area is 321 Å². The molecule has 52 heavy (non-hydrogen) atoms. The summed E-state index contributed by atoms with van der Waals surface area (Å²) in [5.74, 6) is -0.607. The van der Waals surface area contributed by atoms with Gasteiger partial charge in [0.1, 0.15) is 12.2 Å². The Bertz CT molecular complexity index is 869. The predicted octanol–water partition coefficient (Wildman–Crippen LogP) is 11.5. The summed E-state index contributed by atoms with van der Waals surface area (Å²) in [6.45, 7) is 4.01. The van der Waals surface area contributed by atoms with Gasteiger partial charge in [0, 0.05) is 0 Å². The average Bonchev–Trinajstić information content (AvgIpc) is 3.15. The minimum absolute atomic E-state index is 0.350. The molecule has 0 aromatic heterocycles. The van der Waals surface area contributed by atoms with Gasteiger partial charge < -0.3 is 25.7 Å². The summed E-state index contributed by atoms with van der Waals surface area (Å²) >= 11 is 0. The number of rotatable bonds is 39. The number of nitrogens with one attached hydrogen (secondary N) is 1. The SMILES string of the molecule is CCCCCC/C=C\CCCCCCCCC(O)C(=O)NC(CO)C(O)C(O)CCC/C=C/CC/C=C/CC/C=C/CCCCCCCCCCC. The first-order chi connectivity index (χ1) is 25.5. The molecule has 0 rings (SSSR count). The van der Waals surface area contributed by atoms with Crippen LogP contribution < -0.4 is 5.32 Å². The first kappa shape index (κ1) is 50.3. The van der Waals surface area contributed by atoms with Gasteiger partial charge in [0.2, 0.25) is 5.91 Å². The second-order valence-corrected chi connectivity index (χ2v) is 15.0. The highest BCUT2D eigenvalue weighted by Crippen LogP contribution is 2.14. The molecule has 0 aliphatic heterocycles. The van der Waals surface area contributed by atoms with Crippen LogP contribution in [0.1, 0.15) is 206 Å². The molecule has 4 atom stereocenters. The Hall–Kier alpha value is -1.73. The Morgan fingerprint density at radius 2 is 0.808 bits per heavy atom. The second kappa shape index (κ2) is 40.5. The van der Waals surface area contributed by atoms with E-state index in [1.807, 2.05) is 0 Å². The number of unbranched alkanes of at least 4 members (excludes halogenated alkanes) is 22. The highest BCUT2D eigenvalue weighted by Gasteiger charge is 2.28. The van der Waals surface area contributed by atoms with Gasteiger partial charge in [-0.15, -0.1) is 0 Å². The largest absolute Gasteiger partial charge is 0.394 e. The molecule has 304 valence electrons. The maximum Gasteiger partial charge on any atom is 0.249 e. The van der Waals surface area contributed by atoms with Crippen molar-refractivity contribution in [3.05, 3.63) is 48.6 Å². The molecule has 0 aromatic carbocycles. The van der Waals surface area contributed by atoms with Crippen LogP contribution in [0.5, 0.6) is 0 Å². The second-order valence-electron chi connectivity index (χ2n) is 15.0. The van der Waals surface area contributed by atoms with Crippen LogP contribution in [0.25, 0.3) is 0 Å². The standard InChI is InChI=1S/C46H85NO5/c1-3-5-7-9-11-13-15-17-19-20-21-22-23-24-25-26-28-29-31-33-35-37-39-43(49)45(51)42(41-48)47-46(52)44(50)40-38-36-34-32-30-27-18-16-14-12-10-8-6-4-2/h14,16,21-22,25-26,31,33,42-45,48-51H,3-13,15,17-20,23-24,27-30,32,34-41H2,1-2H3,(H,47,52)/b16-14-,22-21+,26-25+,33-31+. The summed E-state index contributed by atoms with van der Waals surface area (Å²) in [7, 11) is 0. The number of carbonyl (C=O) groups is 1. The van der Waals surface area contributed by atoms with Gasteiger partial charge in [-0.25, -0.2) is 0 Å². The van der Waals surface area contributed by atoms with Crippen LogP contribution in [0, 0.1) is 0 Å². The summed E-state index contributed by atoms with van der Waals surface area (Å²) in [5, 5.41) is 43.6. The van der Waals surface area contributed by atoms with Gasteiger partial charge in [0.25, 0.3) is 0 Å². The van der Waals surface area contributed by atoms with E-state index < -0.39 is 36.9 Å². The van der Waals surface area contributed by atoms with Crippen molar-refractivity contribution in [1.82, 2.24) is 5.32 Å². The minimum atomic E-state index is -1.30. The van der Waals surface area contributed by atoms with Crippen molar-refractivity contribution in [3.8, 4) is 0 Å². The molecule has 0 spiro atoms. The molecular weight excluding hydrogens is 647 g/mol. The number of hydrogen-bond acceptors (Lipinski definition) is 5. The van der Waals surface area contributed by atoms with Crippen LogP contribution >= 0.6 is 0 Å². The highest BCUT2D eigenvalue weighted by atomic mass is 16.3. The van der Waals surface area contributed by atoms with E-state index in [1.54, 1.807) is 0 Å². The van der Waals surface area contributed by atoms with Crippen molar-refractivity contribution in [2.24, 2.45) is 0 Å². The van der Waals surface area contributed by atoms with Gasteiger partial charge in [0.15, 0.2) is 0 Å². The molecule has 0 aliphatic carbocycles. The van der Waals surface area contributed by atoms with Gasteiger partial charge in [-0.05, 0) is 89.9 Å². The summed E-state index contributed by atoms with van der Waals surface area (Å²) in [5.41, 5.74) is 0. The lowest BCUT2D eigenvalue weighted by Crippen LogP contribution is -2.53. The fourth-order valence-corrected chi connectivity index (χ4v) is 6.43. The summed E-state index contributed by atoms with van der Waals surface area (Å²) < 4.78 is 0. The number of aliphatic hydroxyl groups is 4. The van der Waals surface area contributed by atoms with E-state index in [2.05, 4.69) is 67.8 Å². The summed E-state index contributed by atoms with van der Waals surface area (Å²) in [6, 6.07) is -1.01. The maximum absolute atomic E-state index is 12.5. The van der Waals surface area contributed by atoms with E-state index in [1.165, 1.54) is 109 Å². The van der Waals surface area contributed by atoms with E-state index in [0.717, 1.165) is 64.2 Å². The summed E-state index contributed by atoms with van der Waals surface area (Å²) in [6.07, 6.45) is 48.5. The van der Waals surface area contributed by atoms with Crippen LogP contribution in [0.3, 0.4) is 0 Å². The normalized spacial score (nSPS) is 14.7. The lowest BCUT2D eigenvalue weighted by Gasteiger charge is -2.27. The molecule has 0 aromatic rings. The molecule has 0 aliphatic rings. The van der Waals surface area contributed by atoms with Crippen molar-refractivity contribution < 1.29 is 25.2 Å². The molecule has 0 heterocycles. The Morgan fingerprint density at radius 1 is 0.462 bits per heavy atom. The molecule has 5 N–H and O–H groups in total. The van der Waals surface area contributed by atoms with Crippen LogP contribution in [0.2, 0.25) is 0 Å². The Morgan fingerprint density at radius 3 is 1.23 bits per heavy atom. The third-order valence-corrected chi connectivity index (χ3v) is 9.97. The van der Waals surface area contributed by atoms with Crippen LogP contribution in [0.4, 0.5) is 0 Å². The van der Waals surface area contributed by atoms with Crippen molar-refractivity contribution >= 4 is 5.91 Å². The lowest BCUT2D eigenvalue weighted by molar-refractivity contribution is -0.132. The van der Waals surface area contributed by atoms with E-state index in [9.17, 15) is 25.2 Å². The van der Waals surface area contributed by atoms with Gasteiger partial charge >= 0.3 is 0 Å². The number of carbonyl (C=O) groups excluding carboxylic acids is 1. The first-order valence-electron chi connectivity index (χ1n) is 22.0. The van der Waals surface area contributed by atoms with E-state index in [4.69, 9.17) is 0 Å². The van der Waals surface area contributed by atoms with Gasteiger partial charge in [-0.2, -0.15) is 0 Å². The highest BCUT2D eigenvalue weighted by molar-refractivity contribution is 5.80. The molecule has 0 bridgehead atoms.